The van der Waals surface area contributed by atoms with Crippen LogP contribution in [0.2, 0.25) is 0 Å². The lowest BCUT2D eigenvalue weighted by Crippen LogP contribution is -2.26. The van der Waals surface area contributed by atoms with Crippen molar-refractivity contribution < 1.29 is 22.0 Å². The minimum atomic E-state index is -3.73. The zero-order valence-electron chi connectivity index (χ0n) is 18.0. The molecule has 4 N–H and O–H groups in total. The summed E-state index contributed by atoms with van der Waals surface area (Å²) >= 11 is 0.827. The number of hydrogen-bond acceptors (Lipinski definition) is 8. The third kappa shape index (κ3) is 5.67. The number of pyridine rings is 1. The highest BCUT2D eigenvalue weighted by Crippen LogP contribution is 2.31. The summed E-state index contributed by atoms with van der Waals surface area (Å²) in [6.45, 7) is 0.192. The lowest BCUT2D eigenvalue weighted by atomic mass is 10.1. The second kappa shape index (κ2) is 10.3. The number of halogens is 2. The van der Waals surface area contributed by atoms with E-state index >= 15 is 0 Å². The molecule has 2 aromatic heterocycles. The number of aromatic nitrogens is 2. The Morgan fingerprint density at radius 2 is 1.71 bits per heavy atom. The number of hydrogen-bond donors (Lipinski definition) is 3. The number of nitrogens with two attached hydrogens (primary N) is 1. The lowest BCUT2D eigenvalue weighted by Gasteiger charge is -2.08. The maximum atomic E-state index is 14.0. The van der Waals surface area contributed by atoms with Crippen LogP contribution in [0.5, 0.6) is 0 Å². The second-order valence-corrected chi connectivity index (χ2v) is 10.0. The van der Waals surface area contributed by atoms with Gasteiger partial charge in [0.15, 0.2) is 5.13 Å². The van der Waals surface area contributed by atoms with E-state index in [0.717, 1.165) is 35.2 Å². The molecule has 0 amide bonds. The largest absolute Gasteiger partial charge is 0.382 e. The van der Waals surface area contributed by atoms with Crippen LogP contribution in [0.1, 0.15) is 20.9 Å². The third-order valence-corrected chi connectivity index (χ3v) is 7.33. The molecule has 0 aliphatic heterocycles. The van der Waals surface area contributed by atoms with Gasteiger partial charge in [-0.1, -0.05) is 23.5 Å². The highest BCUT2D eigenvalue weighted by molar-refractivity contribution is 7.89. The van der Waals surface area contributed by atoms with Gasteiger partial charge in [-0.25, -0.2) is 26.9 Å². The number of carbonyl (C=O) groups is 1. The summed E-state index contributed by atoms with van der Waals surface area (Å²) in [6, 6.07) is 14.4. The van der Waals surface area contributed by atoms with Crippen LogP contribution >= 0.6 is 11.3 Å². The van der Waals surface area contributed by atoms with Gasteiger partial charge in [0, 0.05) is 30.5 Å². The normalized spacial score (nSPS) is 11.4. The Balaban J connectivity index is 1.43. The van der Waals surface area contributed by atoms with Crippen molar-refractivity contribution in [2.75, 3.05) is 17.6 Å². The fourth-order valence-corrected chi connectivity index (χ4v) is 5.04. The van der Waals surface area contributed by atoms with E-state index < -0.39 is 33.0 Å². The summed E-state index contributed by atoms with van der Waals surface area (Å²) in [5.74, 6) is -3.09. The molecule has 0 saturated carbocycles. The van der Waals surface area contributed by atoms with Gasteiger partial charge in [0.1, 0.15) is 22.3 Å². The Kier molecular flexibility index (Phi) is 7.15. The third-order valence-electron chi connectivity index (χ3n) is 4.86. The van der Waals surface area contributed by atoms with E-state index in [0.29, 0.717) is 12.1 Å². The molecular formula is C23H19F2N5O3S2. The van der Waals surface area contributed by atoms with Crippen molar-refractivity contribution >= 4 is 43.8 Å². The van der Waals surface area contributed by atoms with E-state index in [-0.39, 0.29) is 27.3 Å². The molecule has 2 aromatic carbocycles. The molecule has 12 heteroatoms. The minimum Gasteiger partial charge on any atom is -0.382 e. The predicted molar refractivity (Wildman–Crippen MR) is 129 cm³/mol. The number of ketones is 1. The summed E-state index contributed by atoms with van der Waals surface area (Å²) < 4.78 is 55.5. The van der Waals surface area contributed by atoms with E-state index in [1.807, 2.05) is 12.1 Å². The van der Waals surface area contributed by atoms with Crippen LogP contribution in [0.3, 0.4) is 0 Å². The number of carbonyl (C=O) groups excluding carboxylic acids is 1. The molecule has 0 aliphatic carbocycles. The molecule has 0 spiro atoms. The number of nitrogens with one attached hydrogen (secondary N) is 2. The molecule has 0 radical (unpaired) electrons. The molecule has 4 rings (SSSR count). The van der Waals surface area contributed by atoms with E-state index in [2.05, 4.69) is 20.0 Å². The average Bonchev–Trinajstić information content (AvgIpc) is 3.19. The fourth-order valence-electron chi connectivity index (χ4n) is 3.16. The van der Waals surface area contributed by atoms with Crippen LogP contribution in [0.15, 0.2) is 71.8 Å². The van der Waals surface area contributed by atoms with Crippen molar-refractivity contribution in [3.63, 3.8) is 0 Å². The van der Waals surface area contributed by atoms with E-state index in [1.54, 1.807) is 12.3 Å². The maximum Gasteiger partial charge on any atom is 0.240 e. The van der Waals surface area contributed by atoms with Gasteiger partial charge in [-0.3, -0.25) is 9.78 Å². The molecule has 0 fully saturated rings. The summed E-state index contributed by atoms with van der Waals surface area (Å²) in [7, 11) is -3.73. The average molecular weight is 516 g/mol. The van der Waals surface area contributed by atoms with Crippen LogP contribution in [0.4, 0.5) is 25.4 Å². The molecule has 0 bridgehead atoms. The monoisotopic (exact) mass is 515 g/mol. The Morgan fingerprint density at radius 3 is 2.37 bits per heavy atom. The van der Waals surface area contributed by atoms with Crippen molar-refractivity contribution in [3.05, 3.63) is 94.6 Å². The quantitative estimate of drug-likeness (QED) is 0.289. The Labute approximate surface area is 203 Å². The van der Waals surface area contributed by atoms with Crippen molar-refractivity contribution in [2.45, 2.75) is 11.3 Å². The van der Waals surface area contributed by atoms with Gasteiger partial charge in [0.05, 0.1) is 10.5 Å². The zero-order chi connectivity index (χ0) is 25.0. The molecule has 0 saturated heterocycles. The summed E-state index contributed by atoms with van der Waals surface area (Å²) in [4.78, 5) is 20.7. The van der Waals surface area contributed by atoms with E-state index in [4.69, 9.17) is 5.73 Å². The standard InChI is InChI=1S/C23H19F2N5O3S2/c24-17-5-3-6-18(25)19(17)20(31)21-22(26)30-23(34-21)29-15-7-9-16(10-8-15)35(32,33)28-13-11-14-4-1-2-12-27-14/h1-10,12,28H,11,13,26H2,(H,29,30). The highest BCUT2D eigenvalue weighted by Gasteiger charge is 2.24. The van der Waals surface area contributed by atoms with Crippen molar-refractivity contribution in [1.29, 1.82) is 0 Å². The van der Waals surface area contributed by atoms with Gasteiger partial charge < -0.3 is 11.1 Å². The number of nitrogens with zero attached hydrogens (tertiary/aromatic N) is 2. The van der Waals surface area contributed by atoms with Crippen LogP contribution in [-0.2, 0) is 16.4 Å². The lowest BCUT2D eigenvalue weighted by molar-refractivity contribution is 0.103. The number of nitrogen functional groups attached to an aromatic ring is 1. The van der Waals surface area contributed by atoms with Crippen LogP contribution in [0, 0.1) is 11.6 Å². The Hall–Kier alpha value is -3.74. The fraction of sp³-hybridized carbons (Fsp3) is 0.0870. The van der Waals surface area contributed by atoms with Crippen LogP contribution < -0.4 is 15.8 Å². The smallest absolute Gasteiger partial charge is 0.240 e. The van der Waals surface area contributed by atoms with Crippen LogP contribution in [-0.4, -0.2) is 30.7 Å². The molecule has 180 valence electrons. The van der Waals surface area contributed by atoms with Gasteiger partial charge in [-0.2, -0.15) is 0 Å². The molecule has 0 aliphatic rings. The predicted octanol–water partition coefficient (Wildman–Crippen LogP) is 3.89. The van der Waals surface area contributed by atoms with Gasteiger partial charge in [0.2, 0.25) is 15.8 Å². The Bertz CT molecular complexity index is 1440. The molecule has 2 heterocycles. The highest BCUT2D eigenvalue weighted by atomic mass is 32.2. The minimum absolute atomic E-state index is 0.0635. The number of rotatable bonds is 9. The SMILES string of the molecule is Nc1nc(Nc2ccc(S(=O)(=O)NCCc3ccccn3)cc2)sc1C(=O)c1c(F)cccc1F. The van der Waals surface area contributed by atoms with Crippen LogP contribution in [0.25, 0.3) is 0 Å². The van der Waals surface area contributed by atoms with Gasteiger partial charge in [0.25, 0.3) is 0 Å². The van der Waals surface area contributed by atoms with E-state index in [9.17, 15) is 22.0 Å². The number of thiazole rings is 1. The first kappa shape index (κ1) is 24.4. The van der Waals surface area contributed by atoms with Crippen molar-refractivity contribution in [2.24, 2.45) is 0 Å². The topological polar surface area (TPSA) is 127 Å². The number of sulfonamides is 1. The number of anilines is 3. The molecule has 0 atom stereocenters. The summed E-state index contributed by atoms with van der Waals surface area (Å²) in [5, 5.41) is 3.11. The van der Waals surface area contributed by atoms with Gasteiger partial charge in [-0.15, -0.1) is 0 Å². The summed E-state index contributed by atoms with van der Waals surface area (Å²) in [5.41, 5.74) is 6.34. The van der Waals surface area contributed by atoms with Gasteiger partial charge >= 0.3 is 0 Å². The first-order valence-electron chi connectivity index (χ1n) is 10.3. The molecule has 4 aromatic rings. The first-order valence-corrected chi connectivity index (χ1v) is 12.6. The van der Waals surface area contributed by atoms with E-state index in [1.165, 1.54) is 24.3 Å². The second-order valence-electron chi connectivity index (χ2n) is 7.28. The van der Waals surface area contributed by atoms with Crippen molar-refractivity contribution in [1.82, 2.24) is 14.7 Å². The summed E-state index contributed by atoms with van der Waals surface area (Å²) in [6.07, 6.45) is 2.09. The zero-order valence-corrected chi connectivity index (χ0v) is 19.7. The molecule has 0 unspecified atom stereocenters. The maximum absolute atomic E-state index is 14.0. The molecular weight excluding hydrogens is 496 g/mol. The Morgan fingerprint density at radius 1 is 1.00 bits per heavy atom. The number of benzene rings is 2. The molecule has 35 heavy (non-hydrogen) atoms. The first-order chi connectivity index (χ1) is 16.7. The van der Waals surface area contributed by atoms with Crippen molar-refractivity contribution in [3.8, 4) is 0 Å². The van der Waals surface area contributed by atoms with Gasteiger partial charge in [-0.05, 0) is 48.5 Å². The molecule has 8 nitrogen and oxygen atoms in total.